The average molecular weight is 453 g/mol. The van der Waals surface area contributed by atoms with Crippen LogP contribution in [0.3, 0.4) is 0 Å². The Balaban J connectivity index is 1.20. The summed E-state index contributed by atoms with van der Waals surface area (Å²) in [5.41, 5.74) is 2.62. The van der Waals surface area contributed by atoms with Crippen molar-refractivity contribution in [2.24, 2.45) is 0 Å². The van der Waals surface area contributed by atoms with Crippen LogP contribution in [0.4, 0.5) is 0 Å². The number of aromatic amines is 1. The van der Waals surface area contributed by atoms with Crippen molar-refractivity contribution in [2.45, 2.75) is 18.5 Å². The number of aromatic nitrogens is 1. The quantitative estimate of drug-likeness (QED) is 0.501. The fraction of sp³-hybridized carbons (Fsp3) is 0.222. The number of para-hydroxylation sites is 1. The minimum atomic E-state index is -0.667. The number of hydrogen-bond acceptors (Lipinski definition) is 3. The van der Waals surface area contributed by atoms with E-state index in [1.54, 1.807) is 9.80 Å². The minimum Gasteiger partial charge on any atom is -0.361 e. The molecule has 6 rings (SSSR count). The summed E-state index contributed by atoms with van der Waals surface area (Å²) in [6, 6.07) is 20.1. The van der Waals surface area contributed by atoms with E-state index in [4.69, 9.17) is 0 Å². The Morgan fingerprint density at radius 3 is 2.56 bits per heavy atom. The Morgan fingerprint density at radius 1 is 0.912 bits per heavy atom. The Labute approximate surface area is 196 Å². The van der Waals surface area contributed by atoms with E-state index in [0.29, 0.717) is 25.1 Å². The molecule has 1 aromatic heterocycles. The number of nitrogens with one attached hydrogen (secondary N) is 2. The van der Waals surface area contributed by atoms with E-state index >= 15 is 0 Å². The molecule has 0 aliphatic carbocycles. The molecule has 2 aliphatic heterocycles. The first-order chi connectivity index (χ1) is 16.6. The lowest BCUT2D eigenvalue weighted by atomic mass is 9.97. The molecule has 7 nitrogen and oxygen atoms in total. The van der Waals surface area contributed by atoms with Gasteiger partial charge in [0.05, 0.1) is 6.54 Å². The van der Waals surface area contributed by atoms with Gasteiger partial charge in [-0.2, -0.15) is 0 Å². The molecule has 34 heavy (non-hydrogen) atoms. The molecule has 170 valence electrons. The van der Waals surface area contributed by atoms with Crippen LogP contribution in [-0.2, 0) is 16.0 Å². The average Bonchev–Trinajstić information content (AvgIpc) is 3.29. The fourth-order valence-corrected chi connectivity index (χ4v) is 5.23. The van der Waals surface area contributed by atoms with Gasteiger partial charge in [0.15, 0.2) is 0 Å². The zero-order valence-corrected chi connectivity index (χ0v) is 18.5. The highest BCUT2D eigenvalue weighted by atomic mass is 16.2. The second kappa shape index (κ2) is 8.02. The smallest absolute Gasteiger partial charge is 0.254 e. The lowest BCUT2D eigenvalue weighted by molar-refractivity contribution is -0.152. The molecule has 3 heterocycles. The van der Waals surface area contributed by atoms with Gasteiger partial charge in [0.1, 0.15) is 12.1 Å². The summed E-state index contributed by atoms with van der Waals surface area (Å²) in [6.45, 7) is 0.939. The van der Waals surface area contributed by atoms with Gasteiger partial charge in [0.2, 0.25) is 11.8 Å². The maximum Gasteiger partial charge on any atom is 0.254 e. The van der Waals surface area contributed by atoms with Crippen LogP contribution in [0.15, 0.2) is 72.9 Å². The molecule has 4 aromatic rings. The minimum absolute atomic E-state index is 0.0906. The molecule has 2 atom stereocenters. The van der Waals surface area contributed by atoms with E-state index in [1.165, 1.54) is 0 Å². The Kier molecular flexibility index (Phi) is 4.83. The summed E-state index contributed by atoms with van der Waals surface area (Å²) < 4.78 is 0. The molecule has 0 bridgehead atoms. The molecule has 0 saturated carbocycles. The number of benzene rings is 3. The summed E-state index contributed by atoms with van der Waals surface area (Å²) in [5, 5.41) is 5.86. The van der Waals surface area contributed by atoms with Gasteiger partial charge in [-0.3, -0.25) is 14.4 Å². The van der Waals surface area contributed by atoms with Crippen molar-refractivity contribution in [3.63, 3.8) is 0 Å². The number of piperazine rings is 2. The molecular weight excluding hydrogens is 428 g/mol. The summed E-state index contributed by atoms with van der Waals surface area (Å²) in [4.78, 5) is 46.3. The summed E-state index contributed by atoms with van der Waals surface area (Å²) in [5.74, 6) is -0.412. The van der Waals surface area contributed by atoms with Crippen LogP contribution in [0.5, 0.6) is 0 Å². The van der Waals surface area contributed by atoms with Gasteiger partial charge in [-0.1, -0.05) is 54.6 Å². The highest BCUT2D eigenvalue weighted by Crippen LogP contribution is 2.25. The highest BCUT2D eigenvalue weighted by molar-refractivity contribution is 6.07. The number of nitrogens with zero attached hydrogens (tertiary/aromatic N) is 2. The van der Waals surface area contributed by atoms with Crippen molar-refractivity contribution < 1.29 is 14.4 Å². The first-order valence-electron chi connectivity index (χ1n) is 11.5. The van der Waals surface area contributed by atoms with Crippen LogP contribution in [-0.4, -0.2) is 64.2 Å². The normalized spacial score (nSPS) is 20.5. The lowest BCUT2D eigenvalue weighted by Crippen LogP contribution is -2.70. The lowest BCUT2D eigenvalue weighted by Gasteiger charge is -2.45. The molecule has 0 radical (unpaired) electrons. The molecule has 2 aliphatic rings. The van der Waals surface area contributed by atoms with Crippen molar-refractivity contribution in [3.05, 3.63) is 84.1 Å². The maximum atomic E-state index is 13.4. The van der Waals surface area contributed by atoms with Gasteiger partial charge >= 0.3 is 0 Å². The summed E-state index contributed by atoms with van der Waals surface area (Å²) >= 11 is 0. The first-order valence-corrected chi connectivity index (χ1v) is 11.5. The van der Waals surface area contributed by atoms with Crippen LogP contribution < -0.4 is 5.32 Å². The number of H-pyrrole nitrogens is 1. The third-order valence-corrected chi connectivity index (χ3v) is 6.99. The van der Waals surface area contributed by atoms with Crippen LogP contribution in [0.25, 0.3) is 21.7 Å². The van der Waals surface area contributed by atoms with Crippen molar-refractivity contribution in [2.75, 3.05) is 19.6 Å². The fourth-order valence-electron chi connectivity index (χ4n) is 5.23. The maximum absolute atomic E-state index is 13.4. The number of amides is 3. The SMILES string of the molecule is O=C1N[C@@H](Cc2c[nH]c3ccccc23)C(=O)N2CCN(C(=O)c3cccc4ccccc34)C[C@H]12. The third-order valence-electron chi connectivity index (χ3n) is 6.99. The van der Waals surface area contributed by atoms with Gasteiger partial charge in [0, 0.05) is 42.2 Å². The summed E-state index contributed by atoms with van der Waals surface area (Å²) in [6.07, 6.45) is 2.33. The van der Waals surface area contributed by atoms with E-state index in [-0.39, 0.29) is 24.3 Å². The van der Waals surface area contributed by atoms with Crippen LogP contribution >= 0.6 is 0 Å². The Hall–Kier alpha value is -4.13. The van der Waals surface area contributed by atoms with Crippen LogP contribution in [0, 0.1) is 0 Å². The number of carbonyl (C=O) groups excluding carboxylic acids is 3. The van der Waals surface area contributed by atoms with E-state index in [1.807, 2.05) is 72.9 Å². The van der Waals surface area contributed by atoms with Gasteiger partial charge in [-0.05, 0) is 28.5 Å². The Bertz CT molecular complexity index is 1440. The molecule has 7 heteroatoms. The van der Waals surface area contributed by atoms with Gasteiger partial charge in [-0.15, -0.1) is 0 Å². The van der Waals surface area contributed by atoms with Crippen molar-refractivity contribution in [3.8, 4) is 0 Å². The topological polar surface area (TPSA) is 85.5 Å². The van der Waals surface area contributed by atoms with E-state index in [0.717, 1.165) is 27.2 Å². The standard InChI is InChI=1S/C27H24N4O3/c32-25-24-16-30(26(33)21-10-5-7-17-6-1-2-8-19(17)21)12-13-31(24)27(34)23(29-25)14-18-15-28-22-11-4-3-9-20(18)22/h1-11,15,23-24,28H,12-14,16H2,(H,29,32)/t23-,24+/m0/s1. The molecule has 0 spiro atoms. The molecule has 2 saturated heterocycles. The van der Waals surface area contributed by atoms with Crippen molar-refractivity contribution in [1.29, 1.82) is 0 Å². The largest absolute Gasteiger partial charge is 0.361 e. The van der Waals surface area contributed by atoms with E-state index in [9.17, 15) is 14.4 Å². The Morgan fingerprint density at radius 2 is 1.68 bits per heavy atom. The number of fused-ring (bicyclic) bond motifs is 3. The zero-order valence-electron chi connectivity index (χ0n) is 18.5. The zero-order chi connectivity index (χ0) is 23.2. The molecular formula is C27H24N4O3. The van der Waals surface area contributed by atoms with Crippen LogP contribution in [0.1, 0.15) is 15.9 Å². The molecule has 3 aromatic carbocycles. The number of rotatable bonds is 3. The van der Waals surface area contributed by atoms with Crippen molar-refractivity contribution >= 4 is 39.4 Å². The second-order valence-electron chi connectivity index (χ2n) is 8.95. The number of hydrogen-bond donors (Lipinski definition) is 2. The summed E-state index contributed by atoms with van der Waals surface area (Å²) in [7, 11) is 0. The molecule has 2 N–H and O–H groups in total. The predicted octanol–water partition coefficient (Wildman–Crippen LogP) is 2.72. The molecule has 2 fully saturated rings. The molecule has 3 amide bonds. The van der Waals surface area contributed by atoms with Crippen molar-refractivity contribution in [1.82, 2.24) is 20.1 Å². The third kappa shape index (κ3) is 3.32. The monoisotopic (exact) mass is 452 g/mol. The predicted molar refractivity (Wildman–Crippen MR) is 129 cm³/mol. The molecule has 0 unspecified atom stereocenters. The number of carbonyl (C=O) groups is 3. The van der Waals surface area contributed by atoms with E-state index in [2.05, 4.69) is 10.3 Å². The highest BCUT2D eigenvalue weighted by Gasteiger charge is 2.44. The van der Waals surface area contributed by atoms with Gasteiger partial charge in [-0.25, -0.2) is 0 Å². The van der Waals surface area contributed by atoms with Gasteiger partial charge in [0.25, 0.3) is 5.91 Å². The van der Waals surface area contributed by atoms with E-state index < -0.39 is 12.1 Å². The second-order valence-corrected chi connectivity index (χ2v) is 8.95. The first kappa shape index (κ1) is 20.5. The van der Waals surface area contributed by atoms with Gasteiger partial charge < -0.3 is 20.1 Å². The van der Waals surface area contributed by atoms with Crippen LogP contribution in [0.2, 0.25) is 0 Å².